The maximum absolute atomic E-state index is 10.6. The number of H-pyrrole nitrogens is 2. The van der Waals surface area contributed by atoms with E-state index in [1.165, 1.54) is 0 Å². The fourth-order valence-corrected chi connectivity index (χ4v) is 1.04. The molecule has 0 saturated carbocycles. The maximum atomic E-state index is 10.6. The first-order valence-corrected chi connectivity index (χ1v) is 4.18. The molecule has 0 aliphatic carbocycles. The second-order valence-electron chi connectivity index (χ2n) is 2.99. The van der Waals surface area contributed by atoms with Crippen LogP contribution in [-0.2, 0) is 11.2 Å². The number of aromatic amines is 2. The van der Waals surface area contributed by atoms with Crippen molar-refractivity contribution in [3.05, 3.63) is 16.3 Å². The fraction of sp³-hybridized carbons (Fsp3) is 0.571. The highest BCUT2D eigenvalue weighted by atomic mass is 16.3. The molecule has 0 radical (unpaired) electrons. The van der Waals surface area contributed by atoms with Gasteiger partial charge in [-0.1, -0.05) is 0 Å². The summed E-state index contributed by atoms with van der Waals surface area (Å²) in [6.45, 7) is 0. The number of aliphatic hydroxyl groups is 1. The molecule has 1 unspecified atom stereocenters. The maximum Gasteiger partial charge on any atom is 0.340 e. The Morgan fingerprint density at radius 3 is 2.86 bits per heavy atom. The van der Waals surface area contributed by atoms with Crippen molar-refractivity contribution in [3.8, 4) is 0 Å². The fourth-order valence-electron chi connectivity index (χ4n) is 1.04. The highest BCUT2D eigenvalue weighted by Gasteiger charge is 2.09. The molecule has 0 bridgehead atoms. The Morgan fingerprint density at radius 1 is 1.64 bits per heavy atom. The summed E-state index contributed by atoms with van der Waals surface area (Å²) in [5.74, 6) is -0.0912. The minimum Gasteiger partial charge on any atom is -0.393 e. The molecule has 0 saturated heterocycles. The van der Waals surface area contributed by atoms with Gasteiger partial charge in [-0.25, -0.2) is 9.89 Å². The van der Waals surface area contributed by atoms with E-state index < -0.39 is 17.7 Å². The third kappa shape index (κ3) is 3.40. The van der Waals surface area contributed by atoms with Gasteiger partial charge >= 0.3 is 5.69 Å². The normalized spacial score (nSPS) is 12.6. The highest BCUT2D eigenvalue weighted by molar-refractivity contribution is 5.73. The quantitative estimate of drug-likeness (QED) is 0.450. The Labute approximate surface area is 79.3 Å². The number of aromatic nitrogens is 3. The van der Waals surface area contributed by atoms with Crippen molar-refractivity contribution >= 4 is 5.91 Å². The molecule has 78 valence electrons. The van der Waals surface area contributed by atoms with Gasteiger partial charge in [0.05, 0.1) is 6.10 Å². The van der Waals surface area contributed by atoms with Crippen molar-refractivity contribution in [1.82, 2.24) is 15.2 Å². The average molecular weight is 200 g/mol. The van der Waals surface area contributed by atoms with Crippen LogP contribution >= 0.6 is 0 Å². The lowest BCUT2D eigenvalue weighted by Crippen LogP contribution is -2.17. The second-order valence-corrected chi connectivity index (χ2v) is 2.99. The van der Waals surface area contributed by atoms with Crippen LogP contribution in [0.1, 0.15) is 18.7 Å². The molecule has 1 aromatic rings. The summed E-state index contributed by atoms with van der Waals surface area (Å²) < 4.78 is 0. The van der Waals surface area contributed by atoms with Crippen LogP contribution in [0.4, 0.5) is 0 Å². The van der Waals surface area contributed by atoms with E-state index in [0.717, 1.165) is 0 Å². The van der Waals surface area contributed by atoms with E-state index in [9.17, 15) is 14.7 Å². The molecule has 5 N–H and O–H groups in total. The zero-order valence-electron chi connectivity index (χ0n) is 7.49. The smallest absolute Gasteiger partial charge is 0.340 e. The van der Waals surface area contributed by atoms with Crippen LogP contribution in [0.3, 0.4) is 0 Å². The Morgan fingerprint density at radius 2 is 2.36 bits per heavy atom. The first-order valence-electron chi connectivity index (χ1n) is 4.18. The van der Waals surface area contributed by atoms with Crippen molar-refractivity contribution < 1.29 is 9.90 Å². The van der Waals surface area contributed by atoms with Crippen LogP contribution in [0, 0.1) is 0 Å². The van der Waals surface area contributed by atoms with Gasteiger partial charge in [-0.05, 0) is 6.42 Å². The predicted octanol–water partition coefficient (Wildman–Crippen LogP) is -1.73. The lowest BCUT2D eigenvalue weighted by molar-refractivity contribution is -0.118. The Bertz CT molecular complexity index is 356. The van der Waals surface area contributed by atoms with Crippen LogP contribution in [0.15, 0.2) is 4.79 Å². The van der Waals surface area contributed by atoms with Gasteiger partial charge in [0.25, 0.3) is 0 Å². The molecule has 7 heteroatoms. The standard InChI is InChI=1S/C7H12N4O3/c8-5(13)2-1-4(12)3-6-9-7(14)11-10-6/h4,12H,1-3H2,(H2,8,13)(H2,9,10,11,14). The highest BCUT2D eigenvalue weighted by Crippen LogP contribution is 2.01. The average Bonchev–Trinajstić information content (AvgIpc) is 2.48. The minimum absolute atomic E-state index is 0.121. The first-order chi connectivity index (χ1) is 6.58. The number of hydrogen-bond donors (Lipinski definition) is 4. The van der Waals surface area contributed by atoms with Gasteiger partial charge in [-0.15, -0.1) is 0 Å². The Balaban J connectivity index is 2.37. The van der Waals surface area contributed by atoms with Crippen LogP contribution in [0.2, 0.25) is 0 Å². The lowest BCUT2D eigenvalue weighted by Gasteiger charge is -2.05. The number of nitrogens with two attached hydrogens (primary N) is 1. The van der Waals surface area contributed by atoms with Crippen molar-refractivity contribution in [2.45, 2.75) is 25.4 Å². The van der Waals surface area contributed by atoms with Crippen molar-refractivity contribution in [2.24, 2.45) is 5.73 Å². The first kappa shape index (κ1) is 10.5. The number of hydrogen-bond acceptors (Lipinski definition) is 4. The largest absolute Gasteiger partial charge is 0.393 e. The summed E-state index contributed by atoms with van der Waals surface area (Å²) in [6.07, 6.45) is -0.132. The minimum atomic E-state index is -0.721. The molecule has 0 aliphatic rings. The van der Waals surface area contributed by atoms with Crippen LogP contribution in [0.5, 0.6) is 0 Å². The molecule has 14 heavy (non-hydrogen) atoms. The van der Waals surface area contributed by atoms with E-state index in [1.54, 1.807) is 0 Å². The van der Waals surface area contributed by atoms with E-state index >= 15 is 0 Å². The number of rotatable bonds is 5. The zero-order valence-corrected chi connectivity index (χ0v) is 7.49. The summed E-state index contributed by atoms with van der Waals surface area (Å²) >= 11 is 0. The molecule has 1 heterocycles. The number of carbonyl (C=O) groups is 1. The molecule has 1 aromatic heterocycles. The van der Waals surface area contributed by atoms with E-state index in [0.29, 0.717) is 5.82 Å². The SMILES string of the molecule is NC(=O)CCC(O)Cc1n[nH]c(=O)[nH]1. The number of primary amides is 1. The topological polar surface area (TPSA) is 125 Å². The summed E-state index contributed by atoms with van der Waals surface area (Å²) in [7, 11) is 0. The van der Waals surface area contributed by atoms with Crippen molar-refractivity contribution in [1.29, 1.82) is 0 Å². The lowest BCUT2D eigenvalue weighted by atomic mass is 10.1. The van der Waals surface area contributed by atoms with Gasteiger partial charge < -0.3 is 10.8 Å². The number of nitrogens with one attached hydrogen (secondary N) is 2. The Kier molecular flexibility index (Phi) is 3.41. The summed E-state index contributed by atoms with van der Waals surface area (Å²) in [4.78, 5) is 23.4. The second kappa shape index (κ2) is 4.56. The van der Waals surface area contributed by atoms with Crippen LogP contribution in [0.25, 0.3) is 0 Å². The molecule has 0 aliphatic heterocycles. The van der Waals surface area contributed by atoms with E-state index in [-0.39, 0.29) is 19.3 Å². The van der Waals surface area contributed by atoms with Crippen LogP contribution in [-0.4, -0.2) is 32.3 Å². The number of amides is 1. The van der Waals surface area contributed by atoms with Crippen molar-refractivity contribution in [2.75, 3.05) is 0 Å². The van der Waals surface area contributed by atoms with E-state index in [2.05, 4.69) is 15.2 Å². The summed E-state index contributed by atoms with van der Waals surface area (Å²) in [5.41, 5.74) is 4.49. The monoisotopic (exact) mass is 200 g/mol. The van der Waals surface area contributed by atoms with Gasteiger partial charge in [0.15, 0.2) is 0 Å². The third-order valence-electron chi connectivity index (χ3n) is 1.70. The molecule has 1 atom stereocenters. The van der Waals surface area contributed by atoms with Gasteiger partial charge in [0.1, 0.15) is 5.82 Å². The predicted molar refractivity (Wildman–Crippen MR) is 47.3 cm³/mol. The number of carbonyl (C=O) groups excluding carboxylic acids is 1. The molecule has 0 aromatic carbocycles. The molecular formula is C7H12N4O3. The van der Waals surface area contributed by atoms with Gasteiger partial charge in [-0.3, -0.25) is 9.78 Å². The molecule has 7 nitrogen and oxygen atoms in total. The van der Waals surface area contributed by atoms with E-state index in [4.69, 9.17) is 5.73 Å². The van der Waals surface area contributed by atoms with E-state index in [1.807, 2.05) is 0 Å². The Hall–Kier alpha value is -1.63. The number of nitrogens with zero attached hydrogens (tertiary/aromatic N) is 1. The summed E-state index contributed by atoms with van der Waals surface area (Å²) in [6, 6.07) is 0. The molecule has 1 amide bonds. The van der Waals surface area contributed by atoms with Gasteiger partial charge in [-0.2, -0.15) is 5.10 Å². The van der Waals surface area contributed by atoms with Gasteiger partial charge in [0, 0.05) is 12.8 Å². The summed E-state index contributed by atoms with van der Waals surface area (Å²) in [5, 5.41) is 15.2. The van der Waals surface area contributed by atoms with Crippen LogP contribution < -0.4 is 11.4 Å². The van der Waals surface area contributed by atoms with Gasteiger partial charge in [0.2, 0.25) is 5.91 Å². The number of aliphatic hydroxyl groups excluding tert-OH is 1. The molecule has 1 rings (SSSR count). The third-order valence-corrected chi connectivity index (χ3v) is 1.70. The molecule has 0 spiro atoms. The molecular weight excluding hydrogens is 188 g/mol. The zero-order chi connectivity index (χ0) is 10.6. The molecule has 0 fully saturated rings. The van der Waals surface area contributed by atoms with Crippen molar-refractivity contribution in [3.63, 3.8) is 0 Å².